The number of hydrogen-bond acceptors (Lipinski definition) is 2. The predicted octanol–water partition coefficient (Wildman–Crippen LogP) is 1.92. The zero-order valence-electron chi connectivity index (χ0n) is 8.57. The summed E-state index contributed by atoms with van der Waals surface area (Å²) in [5.74, 6) is 0.552. The fraction of sp³-hybridized carbons (Fsp3) is 0.364. The van der Waals surface area contributed by atoms with Gasteiger partial charge in [-0.1, -0.05) is 13.8 Å². The van der Waals surface area contributed by atoms with Crippen LogP contribution in [0.1, 0.15) is 31.0 Å². The second kappa shape index (κ2) is 3.42. The Balaban J connectivity index is 2.54. The summed E-state index contributed by atoms with van der Waals surface area (Å²) < 4.78 is 2.04. The quantitative estimate of drug-likeness (QED) is 0.784. The summed E-state index contributed by atoms with van der Waals surface area (Å²) in [6.45, 7) is 4.87. The van der Waals surface area contributed by atoms with Crippen molar-refractivity contribution in [1.29, 1.82) is 0 Å². The van der Waals surface area contributed by atoms with E-state index in [0.717, 1.165) is 5.69 Å². The third-order valence-electron chi connectivity index (χ3n) is 2.44. The Labute approximate surface area is 83.6 Å². The lowest BCUT2D eigenvalue weighted by Crippen LogP contribution is -2.00. The van der Waals surface area contributed by atoms with Gasteiger partial charge in [-0.3, -0.25) is 0 Å². The molecule has 0 aliphatic carbocycles. The van der Waals surface area contributed by atoms with E-state index in [2.05, 4.69) is 31.1 Å². The number of rotatable bonds is 2. The van der Waals surface area contributed by atoms with Crippen molar-refractivity contribution in [3.8, 4) is 0 Å². The van der Waals surface area contributed by atoms with Gasteiger partial charge < -0.3 is 10.1 Å². The van der Waals surface area contributed by atoms with Crippen LogP contribution in [0.25, 0.3) is 5.52 Å². The van der Waals surface area contributed by atoms with E-state index in [-0.39, 0.29) is 0 Å². The van der Waals surface area contributed by atoms with Crippen LogP contribution in [0.4, 0.5) is 0 Å². The summed E-state index contributed by atoms with van der Waals surface area (Å²) in [5, 5.41) is 0. The zero-order chi connectivity index (χ0) is 10.1. The highest BCUT2D eigenvalue weighted by molar-refractivity contribution is 5.51. The van der Waals surface area contributed by atoms with Crippen molar-refractivity contribution in [1.82, 2.24) is 9.38 Å². The van der Waals surface area contributed by atoms with E-state index < -0.39 is 0 Å². The molecule has 2 aromatic heterocycles. The lowest BCUT2D eigenvalue weighted by Gasteiger charge is -1.97. The summed E-state index contributed by atoms with van der Waals surface area (Å²) in [4.78, 5) is 4.24. The number of nitrogens with zero attached hydrogens (tertiary/aromatic N) is 2. The Hall–Kier alpha value is -1.35. The average Bonchev–Trinajstić information content (AvgIpc) is 2.59. The van der Waals surface area contributed by atoms with Crippen molar-refractivity contribution in [3.05, 3.63) is 35.9 Å². The summed E-state index contributed by atoms with van der Waals surface area (Å²) in [6.07, 6.45) is 3.94. The van der Waals surface area contributed by atoms with Gasteiger partial charge in [-0.2, -0.15) is 0 Å². The largest absolute Gasteiger partial charge is 0.325 e. The molecule has 0 spiro atoms. The maximum Gasteiger partial charge on any atom is 0.0994 e. The Morgan fingerprint density at radius 3 is 2.86 bits per heavy atom. The molecule has 74 valence electrons. The van der Waals surface area contributed by atoms with Gasteiger partial charge >= 0.3 is 0 Å². The lowest BCUT2D eigenvalue weighted by molar-refractivity contribution is 0.864. The van der Waals surface area contributed by atoms with Gasteiger partial charge in [-0.05, 0) is 23.6 Å². The molecule has 0 bridgehead atoms. The van der Waals surface area contributed by atoms with E-state index in [0.29, 0.717) is 12.5 Å². The van der Waals surface area contributed by atoms with Gasteiger partial charge in [0.1, 0.15) is 0 Å². The first-order valence-corrected chi connectivity index (χ1v) is 4.87. The molecular formula is C11H15N3. The fourth-order valence-corrected chi connectivity index (χ4v) is 1.51. The average molecular weight is 189 g/mol. The van der Waals surface area contributed by atoms with Gasteiger partial charge in [0, 0.05) is 18.3 Å². The van der Waals surface area contributed by atoms with E-state index in [1.165, 1.54) is 11.1 Å². The van der Waals surface area contributed by atoms with Gasteiger partial charge in [0.05, 0.1) is 12.0 Å². The summed E-state index contributed by atoms with van der Waals surface area (Å²) in [6, 6.07) is 4.22. The van der Waals surface area contributed by atoms with Crippen molar-refractivity contribution in [2.45, 2.75) is 26.3 Å². The van der Waals surface area contributed by atoms with Crippen LogP contribution < -0.4 is 5.73 Å². The SMILES string of the molecule is CC(C)c1cc2cc(CN)ncn2c1. The van der Waals surface area contributed by atoms with Gasteiger partial charge in [-0.25, -0.2) is 4.98 Å². The minimum atomic E-state index is 0.499. The summed E-state index contributed by atoms with van der Waals surface area (Å²) in [5.41, 5.74) is 8.98. The standard InChI is InChI=1S/C11H15N3/c1-8(2)9-3-11-4-10(5-12)13-7-14(11)6-9/h3-4,6-8H,5,12H2,1-2H3. The highest BCUT2D eigenvalue weighted by atomic mass is 14.9. The second-order valence-electron chi connectivity index (χ2n) is 3.84. The molecule has 0 saturated carbocycles. The predicted molar refractivity (Wildman–Crippen MR) is 57.2 cm³/mol. The normalized spacial score (nSPS) is 11.4. The highest BCUT2D eigenvalue weighted by Gasteiger charge is 2.03. The highest BCUT2D eigenvalue weighted by Crippen LogP contribution is 2.18. The van der Waals surface area contributed by atoms with Crippen LogP contribution in [-0.2, 0) is 6.54 Å². The van der Waals surface area contributed by atoms with Crippen molar-refractivity contribution >= 4 is 5.52 Å². The Kier molecular flexibility index (Phi) is 2.25. The van der Waals surface area contributed by atoms with E-state index >= 15 is 0 Å². The smallest absolute Gasteiger partial charge is 0.0994 e. The Morgan fingerprint density at radius 2 is 2.21 bits per heavy atom. The van der Waals surface area contributed by atoms with E-state index in [1.54, 1.807) is 0 Å². The van der Waals surface area contributed by atoms with Crippen molar-refractivity contribution in [2.75, 3.05) is 0 Å². The van der Waals surface area contributed by atoms with Crippen LogP contribution >= 0.6 is 0 Å². The molecule has 14 heavy (non-hydrogen) atoms. The molecule has 0 aliphatic heterocycles. The van der Waals surface area contributed by atoms with Gasteiger partial charge in [0.2, 0.25) is 0 Å². The van der Waals surface area contributed by atoms with E-state index in [1.807, 2.05) is 16.8 Å². The molecule has 0 amide bonds. The second-order valence-corrected chi connectivity index (χ2v) is 3.84. The van der Waals surface area contributed by atoms with Crippen LogP contribution in [-0.4, -0.2) is 9.38 Å². The molecule has 2 N–H and O–H groups in total. The molecule has 3 heteroatoms. The molecule has 0 radical (unpaired) electrons. The third kappa shape index (κ3) is 1.51. The molecule has 3 nitrogen and oxygen atoms in total. The molecule has 0 unspecified atom stereocenters. The first-order chi connectivity index (χ1) is 6.70. The lowest BCUT2D eigenvalue weighted by atomic mass is 10.1. The molecular weight excluding hydrogens is 174 g/mol. The van der Waals surface area contributed by atoms with Crippen LogP contribution in [0.2, 0.25) is 0 Å². The molecule has 0 aliphatic rings. The number of hydrogen-bond donors (Lipinski definition) is 1. The topological polar surface area (TPSA) is 43.3 Å². The minimum Gasteiger partial charge on any atom is -0.325 e. The molecule has 2 aromatic rings. The molecule has 0 aromatic carbocycles. The number of nitrogens with two attached hydrogens (primary N) is 1. The van der Waals surface area contributed by atoms with E-state index in [9.17, 15) is 0 Å². The maximum absolute atomic E-state index is 5.54. The third-order valence-corrected chi connectivity index (χ3v) is 2.44. The number of fused-ring (bicyclic) bond motifs is 1. The Bertz CT molecular complexity index is 443. The maximum atomic E-state index is 5.54. The van der Waals surface area contributed by atoms with Crippen molar-refractivity contribution in [2.24, 2.45) is 5.73 Å². The van der Waals surface area contributed by atoms with Gasteiger partial charge in [0.15, 0.2) is 0 Å². The van der Waals surface area contributed by atoms with Gasteiger partial charge in [-0.15, -0.1) is 0 Å². The Morgan fingerprint density at radius 1 is 1.43 bits per heavy atom. The molecule has 2 rings (SSSR count). The molecule has 0 fully saturated rings. The van der Waals surface area contributed by atoms with Crippen LogP contribution in [0.3, 0.4) is 0 Å². The van der Waals surface area contributed by atoms with Crippen LogP contribution in [0.15, 0.2) is 24.7 Å². The van der Waals surface area contributed by atoms with Gasteiger partial charge in [0.25, 0.3) is 0 Å². The van der Waals surface area contributed by atoms with Crippen molar-refractivity contribution in [3.63, 3.8) is 0 Å². The minimum absolute atomic E-state index is 0.499. The fourth-order valence-electron chi connectivity index (χ4n) is 1.51. The monoisotopic (exact) mass is 189 g/mol. The zero-order valence-corrected chi connectivity index (χ0v) is 8.57. The van der Waals surface area contributed by atoms with Crippen LogP contribution in [0.5, 0.6) is 0 Å². The molecule has 2 heterocycles. The first-order valence-electron chi connectivity index (χ1n) is 4.87. The van der Waals surface area contributed by atoms with Crippen LogP contribution in [0, 0.1) is 0 Å². The first kappa shape index (κ1) is 9.21. The van der Waals surface area contributed by atoms with Crippen molar-refractivity contribution < 1.29 is 0 Å². The molecule has 0 saturated heterocycles. The summed E-state index contributed by atoms with van der Waals surface area (Å²) in [7, 11) is 0. The van der Waals surface area contributed by atoms with E-state index in [4.69, 9.17) is 5.73 Å². The number of aromatic nitrogens is 2. The molecule has 0 atom stereocenters. The summed E-state index contributed by atoms with van der Waals surface area (Å²) >= 11 is 0.